The Balaban J connectivity index is 3.70. The highest BCUT2D eigenvalue weighted by molar-refractivity contribution is 5.93. The van der Waals surface area contributed by atoms with Crippen LogP contribution in [0.25, 0.3) is 0 Å². The third-order valence-corrected chi connectivity index (χ3v) is 9.50. The average Bonchev–Trinajstić information content (AvgIpc) is 3.10. The van der Waals surface area contributed by atoms with Crippen LogP contribution in [-0.2, 0) is 57.3 Å². The minimum Gasteiger partial charge on any atom is -0.454 e. The van der Waals surface area contributed by atoms with E-state index < -0.39 is 97.1 Å². The molecule has 1 saturated heterocycles. The highest BCUT2D eigenvalue weighted by Gasteiger charge is 2.39. The van der Waals surface area contributed by atoms with Crippen LogP contribution in [-0.4, -0.2) is 145 Å². The lowest BCUT2D eigenvalue weighted by molar-refractivity contribution is -0.172. The number of esters is 4. The molecule has 1 aliphatic heterocycles. The standard InChI is InChI=1S/C39H66N4O12/c1-22(2)15-16-28-38(50)54-26(9)34(46)42(13)30(18-24(5)6)37(49)53-21-33(45)41(12)31(19-25(7)8)39(51)55-27(10)35(47)43(14)29(17-23(3)4)36(48)52-20-32(44)40(28)11/h22-31H,15-21H2,1-14H3/t26-,27-,28+,29+,30+,31+/m1/s1. The maximum atomic E-state index is 13.6. The molecule has 4 amide bonds. The molecular weight excluding hydrogens is 716 g/mol. The van der Waals surface area contributed by atoms with Gasteiger partial charge in [-0.1, -0.05) is 55.4 Å². The van der Waals surface area contributed by atoms with Gasteiger partial charge in [0.05, 0.1) is 0 Å². The van der Waals surface area contributed by atoms with E-state index in [1.165, 1.54) is 42.0 Å². The fourth-order valence-corrected chi connectivity index (χ4v) is 6.03. The molecule has 314 valence electrons. The minimum atomic E-state index is -1.38. The van der Waals surface area contributed by atoms with Crippen LogP contribution in [0.4, 0.5) is 0 Å². The highest BCUT2D eigenvalue weighted by atomic mass is 16.6. The summed E-state index contributed by atoms with van der Waals surface area (Å²) in [5, 5.41) is 0. The molecule has 0 bridgehead atoms. The van der Waals surface area contributed by atoms with Crippen LogP contribution in [0.1, 0.15) is 101 Å². The predicted molar refractivity (Wildman–Crippen MR) is 202 cm³/mol. The van der Waals surface area contributed by atoms with E-state index in [1.54, 1.807) is 0 Å². The van der Waals surface area contributed by atoms with E-state index in [0.717, 1.165) is 19.6 Å². The Hall–Kier alpha value is -4.24. The molecule has 0 aliphatic carbocycles. The lowest BCUT2D eigenvalue weighted by atomic mass is 10.0. The molecule has 0 N–H and O–H groups in total. The average molecular weight is 783 g/mol. The van der Waals surface area contributed by atoms with Crippen molar-refractivity contribution in [1.29, 1.82) is 0 Å². The number of likely N-dealkylation sites (N-methyl/N-ethyl adjacent to an activating group) is 4. The van der Waals surface area contributed by atoms with E-state index in [-0.39, 0.29) is 49.4 Å². The van der Waals surface area contributed by atoms with Gasteiger partial charge in [0, 0.05) is 28.2 Å². The van der Waals surface area contributed by atoms with Crippen LogP contribution in [0.2, 0.25) is 0 Å². The van der Waals surface area contributed by atoms with Crippen molar-refractivity contribution in [3.63, 3.8) is 0 Å². The van der Waals surface area contributed by atoms with Crippen LogP contribution >= 0.6 is 0 Å². The molecule has 0 aromatic rings. The Kier molecular flexibility index (Phi) is 19.8. The molecular formula is C39H66N4O12. The Labute approximate surface area is 326 Å². The molecule has 1 fully saturated rings. The molecule has 16 nitrogen and oxygen atoms in total. The smallest absolute Gasteiger partial charge is 0.329 e. The van der Waals surface area contributed by atoms with E-state index in [2.05, 4.69) is 0 Å². The molecule has 0 aromatic heterocycles. The number of nitrogens with zero attached hydrogens (tertiary/aromatic N) is 4. The van der Waals surface area contributed by atoms with Gasteiger partial charge in [-0.2, -0.15) is 0 Å². The topological polar surface area (TPSA) is 186 Å². The number of ether oxygens (including phenoxy) is 4. The van der Waals surface area contributed by atoms with Gasteiger partial charge in [-0.15, -0.1) is 0 Å². The van der Waals surface area contributed by atoms with E-state index in [4.69, 9.17) is 18.9 Å². The second-order valence-corrected chi connectivity index (χ2v) is 16.2. The molecule has 1 rings (SSSR count). The molecule has 6 atom stereocenters. The molecule has 16 heteroatoms. The number of hydrogen-bond donors (Lipinski definition) is 0. The first-order chi connectivity index (χ1) is 25.4. The summed E-state index contributed by atoms with van der Waals surface area (Å²) in [5.74, 6) is -6.55. The first-order valence-corrected chi connectivity index (χ1v) is 19.2. The van der Waals surface area contributed by atoms with Gasteiger partial charge in [-0.3, -0.25) is 19.2 Å². The zero-order chi connectivity index (χ0) is 42.5. The molecule has 0 radical (unpaired) electrons. The van der Waals surface area contributed by atoms with Crippen LogP contribution < -0.4 is 0 Å². The maximum absolute atomic E-state index is 13.6. The Morgan fingerprint density at radius 1 is 0.473 bits per heavy atom. The summed E-state index contributed by atoms with van der Waals surface area (Å²) in [7, 11) is 5.44. The van der Waals surface area contributed by atoms with Crippen molar-refractivity contribution in [2.45, 2.75) is 138 Å². The normalized spacial score (nSPS) is 25.8. The minimum absolute atomic E-state index is 0.0976. The molecule has 1 aliphatic rings. The lowest BCUT2D eigenvalue weighted by Gasteiger charge is -2.33. The van der Waals surface area contributed by atoms with Gasteiger partial charge in [-0.25, -0.2) is 19.2 Å². The van der Waals surface area contributed by atoms with Gasteiger partial charge in [0.1, 0.15) is 24.2 Å². The van der Waals surface area contributed by atoms with Crippen molar-refractivity contribution in [2.75, 3.05) is 41.4 Å². The SMILES string of the molecule is CC(C)CC[C@H]1C(=O)O[C@H](C)C(=O)N(C)[C@@H](CC(C)C)C(=O)OCC(=O)N(C)[C@@H](CC(C)C)C(=O)O[C@H](C)C(=O)N(C)[C@@H](CC(C)C)C(=O)OCC(=O)N1C. The zero-order valence-electron chi connectivity index (χ0n) is 35.4. The van der Waals surface area contributed by atoms with Crippen molar-refractivity contribution in [2.24, 2.45) is 23.7 Å². The van der Waals surface area contributed by atoms with Crippen molar-refractivity contribution in [1.82, 2.24) is 19.6 Å². The first-order valence-electron chi connectivity index (χ1n) is 19.2. The third kappa shape index (κ3) is 15.1. The van der Waals surface area contributed by atoms with Gasteiger partial charge >= 0.3 is 23.9 Å². The molecule has 0 spiro atoms. The summed E-state index contributed by atoms with van der Waals surface area (Å²) in [4.78, 5) is 112. The fraction of sp³-hybridized carbons (Fsp3) is 0.795. The van der Waals surface area contributed by atoms with Crippen LogP contribution in [0.15, 0.2) is 0 Å². The number of rotatable bonds is 9. The van der Waals surface area contributed by atoms with Gasteiger partial charge in [0.2, 0.25) is 0 Å². The Morgan fingerprint density at radius 2 is 0.782 bits per heavy atom. The van der Waals surface area contributed by atoms with Crippen molar-refractivity contribution >= 4 is 47.5 Å². The summed E-state index contributed by atoms with van der Waals surface area (Å²) >= 11 is 0. The second-order valence-electron chi connectivity index (χ2n) is 16.2. The third-order valence-electron chi connectivity index (χ3n) is 9.50. The van der Waals surface area contributed by atoms with Crippen molar-refractivity contribution in [3.05, 3.63) is 0 Å². The van der Waals surface area contributed by atoms with Crippen LogP contribution in [0.5, 0.6) is 0 Å². The number of amides is 4. The van der Waals surface area contributed by atoms with E-state index >= 15 is 0 Å². The molecule has 55 heavy (non-hydrogen) atoms. The highest BCUT2D eigenvalue weighted by Crippen LogP contribution is 2.20. The second kappa shape index (κ2) is 22.3. The molecule has 1 heterocycles. The molecule has 0 aromatic carbocycles. The molecule has 0 unspecified atom stereocenters. The summed E-state index contributed by atoms with van der Waals surface area (Å²) < 4.78 is 22.0. The zero-order valence-corrected chi connectivity index (χ0v) is 35.4. The quantitative estimate of drug-likeness (QED) is 0.246. The Bertz CT molecular complexity index is 1360. The van der Waals surface area contributed by atoms with Gasteiger partial charge < -0.3 is 38.5 Å². The first kappa shape index (κ1) is 48.8. The van der Waals surface area contributed by atoms with Gasteiger partial charge in [0.25, 0.3) is 23.6 Å². The Morgan fingerprint density at radius 3 is 1.11 bits per heavy atom. The summed E-state index contributed by atoms with van der Waals surface area (Å²) in [6.07, 6.45) is -1.61. The summed E-state index contributed by atoms with van der Waals surface area (Å²) in [6, 6.07) is -4.63. The van der Waals surface area contributed by atoms with Crippen molar-refractivity contribution < 1.29 is 57.3 Å². The fourth-order valence-electron chi connectivity index (χ4n) is 6.03. The maximum Gasteiger partial charge on any atom is 0.329 e. The van der Waals surface area contributed by atoms with E-state index in [0.29, 0.717) is 6.42 Å². The van der Waals surface area contributed by atoms with E-state index in [1.807, 2.05) is 55.4 Å². The molecule has 0 saturated carbocycles. The number of cyclic esters (lactones) is 4. The number of carbonyl (C=O) groups is 8. The number of hydrogen-bond acceptors (Lipinski definition) is 12. The van der Waals surface area contributed by atoms with Gasteiger partial charge in [-0.05, 0) is 69.6 Å². The monoisotopic (exact) mass is 782 g/mol. The van der Waals surface area contributed by atoms with Crippen LogP contribution in [0.3, 0.4) is 0 Å². The van der Waals surface area contributed by atoms with Gasteiger partial charge in [0.15, 0.2) is 25.4 Å². The van der Waals surface area contributed by atoms with Crippen LogP contribution in [0, 0.1) is 23.7 Å². The predicted octanol–water partition coefficient (Wildman–Crippen LogP) is 2.83. The van der Waals surface area contributed by atoms with E-state index in [9.17, 15) is 38.4 Å². The summed E-state index contributed by atoms with van der Waals surface area (Å²) in [6.45, 7) is 16.1. The summed E-state index contributed by atoms with van der Waals surface area (Å²) in [5.41, 5.74) is 0. The van der Waals surface area contributed by atoms with Crippen molar-refractivity contribution in [3.8, 4) is 0 Å². The lowest BCUT2D eigenvalue weighted by Crippen LogP contribution is -2.52. The number of carbonyl (C=O) groups excluding carboxylic acids is 8. The largest absolute Gasteiger partial charge is 0.454 e.